The summed E-state index contributed by atoms with van der Waals surface area (Å²) in [5.74, 6) is -5.04. The zero-order chi connectivity index (χ0) is 25.6. The molecule has 186 valence electrons. The molecule has 0 spiro atoms. The number of nitrogens with zero attached hydrogens (tertiary/aromatic N) is 3. The van der Waals surface area contributed by atoms with Gasteiger partial charge in [0, 0.05) is 17.2 Å². The molecule has 0 saturated carbocycles. The number of pyridine rings is 1. The molecular weight excluding hydrogens is 458 g/mol. The first-order chi connectivity index (χ1) is 15.8. The minimum atomic E-state index is -4.31. The van der Waals surface area contributed by atoms with Crippen molar-refractivity contribution in [1.29, 1.82) is 0 Å². The van der Waals surface area contributed by atoms with E-state index in [0.717, 1.165) is 5.56 Å². The molecule has 0 fully saturated rings. The van der Waals surface area contributed by atoms with Gasteiger partial charge in [-0.2, -0.15) is 13.9 Å². The van der Waals surface area contributed by atoms with E-state index in [2.05, 4.69) is 30.6 Å². The Labute approximate surface area is 194 Å². The maximum atomic E-state index is 13.0. The third-order valence-corrected chi connectivity index (χ3v) is 4.68. The fraction of sp³-hybridized carbons (Fsp3) is 0.500. The normalized spacial score (nSPS) is 12.6. The number of hydrogen-bond donors (Lipinski definition) is 2. The molecule has 2 aromatic heterocycles. The largest absolute Gasteiger partial charge is 0.470 e. The summed E-state index contributed by atoms with van der Waals surface area (Å²) in [6.45, 7) is 6.98. The predicted molar refractivity (Wildman–Crippen MR) is 116 cm³/mol. The fourth-order valence-corrected chi connectivity index (χ4v) is 2.81. The molecule has 2 N–H and O–H groups in total. The van der Waals surface area contributed by atoms with Gasteiger partial charge in [-0.25, -0.2) is 13.8 Å². The summed E-state index contributed by atoms with van der Waals surface area (Å²) in [5.41, 5.74) is 1.90. The summed E-state index contributed by atoms with van der Waals surface area (Å²) >= 11 is 0. The van der Waals surface area contributed by atoms with Crippen molar-refractivity contribution in [2.24, 2.45) is 5.92 Å². The summed E-state index contributed by atoms with van der Waals surface area (Å²) in [6, 6.07) is 4.44. The number of carbonyl (C=O) groups is 2. The van der Waals surface area contributed by atoms with Crippen LogP contribution in [-0.4, -0.2) is 46.0 Å². The van der Waals surface area contributed by atoms with E-state index in [1.54, 1.807) is 39.8 Å². The highest BCUT2D eigenvalue weighted by Gasteiger charge is 2.42. The van der Waals surface area contributed by atoms with E-state index in [1.807, 2.05) is 0 Å². The van der Waals surface area contributed by atoms with Crippen LogP contribution in [0.25, 0.3) is 0 Å². The predicted octanol–water partition coefficient (Wildman–Crippen LogP) is 3.78. The second kappa shape index (κ2) is 11.2. The average molecular weight is 485 g/mol. The van der Waals surface area contributed by atoms with Crippen LogP contribution in [0.5, 0.6) is 5.88 Å². The lowest BCUT2D eigenvalue weighted by atomic mass is 10.1. The van der Waals surface area contributed by atoms with Crippen molar-refractivity contribution >= 4 is 17.6 Å². The number of ether oxygens (including phenoxy) is 1. The summed E-state index contributed by atoms with van der Waals surface area (Å²) in [7, 11) is 0. The van der Waals surface area contributed by atoms with Crippen LogP contribution in [0.1, 0.15) is 49.3 Å². The van der Waals surface area contributed by atoms with Gasteiger partial charge >= 0.3 is 12.3 Å². The summed E-state index contributed by atoms with van der Waals surface area (Å²) in [6.07, 6.45) is -4.02. The number of nitrogens with one attached hydrogen (secondary N) is 2. The Morgan fingerprint density at radius 2 is 1.76 bits per heavy atom. The van der Waals surface area contributed by atoms with E-state index in [-0.39, 0.29) is 41.3 Å². The minimum Gasteiger partial charge on any atom is -0.470 e. The number of aromatic nitrogens is 3. The number of alkyl halides is 4. The lowest BCUT2D eigenvalue weighted by molar-refractivity contribution is -0.148. The highest BCUT2D eigenvalue weighted by atomic mass is 19.3. The van der Waals surface area contributed by atoms with Gasteiger partial charge < -0.3 is 15.4 Å². The maximum Gasteiger partial charge on any atom is 0.340 e. The van der Waals surface area contributed by atoms with E-state index in [0.29, 0.717) is 11.5 Å². The standard InChI is InChI=1S/C22H27F4N5O3/c1-11(2)19(33)29-17-8-15(7-13(4)27-17)14(5)28-18(32)9-16-6-12(3)20(31-30-16)34-10-22(25,26)21(23)24/h6-8,11,14,21H,9-10H2,1-5H3,(H,28,32)(H,27,29,33). The molecule has 2 amide bonds. The van der Waals surface area contributed by atoms with Gasteiger partial charge in [0.15, 0.2) is 6.61 Å². The highest BCUT2D eigenvalue weighted by Crippen LogP contribution is 2.25. The Bertz CT molecular complexity index is 1030. The van der Waals surface area contributed by atoms with Gasteiger partial charge in [-0.1, -0.05) is 13.8 Å². The molecule has 0 aliphatic rings. The van der Waals surface area contributed by atoms with Crippen molar-refractivity contribution in [1.82, 2.24) is 20.5 Å². The second-order valence-electron chi connectivity index (χ2n) is 8.21. The van der Waals surface area contributed by atoms with E-state index >= 15 is 0 Å². The molecule has 2 heterocycles. The van der Waals surface area contributed by atoms with Crippen molar-refractivity contribution in [2.75, 3.05) is 11.9 Å². The van der Waals surface area contributed by atoms with Gasteiger partial charge in [-0.15, -0.1) is 5.10 Å². The molecule has 1 atom stereocenters. The highest BCUT2D eigenvalue weighted by molar-refractivity contribution is 5.91. The van der Waals surface area contributed by atoms with E-state index < -0.39 is 25.0 Å². The lowest BCUT2D eigenvalue weighted by Gasteiger charge is -2.17. The van der Waals surface area contributed by atoms with Gasteiger partial charge in [0.1, 0.15) is 5.82 Å². The second-order valence-corrected chi connectivity index (χ2v) is 8.21. The number of hydrogen-bond acceptors (Lipinski definition) is 6. The smallest absolute Gasteiger partial charge is 0.340 e. The van der Waals surface area contributed by atoms with Crippen LogP contribution in [0.15, 0.2) is 18.2 Å². The summed E-state index contributed by atoms with van der Waals surface area (Å²) < 4.78 is 55.2. The quantitative estimate of drug-likeness (QED) is 0.496. The molecule has 34 heavy (non-hydrogen) atoms. The lowest BCUT2D eigenvalue weighted by Crippen LogP contribution is -2.34. The monoisotopic (exact) mass is 485 g/mol. The maximum absolute atomic E-state index is 13.0. The van der Waals surface area contributed by atoms with Crippen LogP contribution in [0.2, 0.25) is 0 Å². The molecule has 0 radical (unpaired) electrons. The first kappa shape index (κ1) is 26.9. The van der Waals surface area contributed by atoms with Gasteiger partial charge in [0.2, 0.25) is 17.7 Å². The van der Waals surface area contributed by atoms with Crippen molar-refractivity contribution in [2.45, 2.75) is 59.4 Å². The van der Waals surface area contributed by atoms with E-state index in [4.69, 9.17) is 0 Å². The molecule has 2 rings (SSSR count). The molecule has 0 aliphatic heterocycles. The van der Waals surface area contributed by atoms with Crippen LogP contribution < -0.4 is 15.4 Å². The molecule has 0 bridgehead atoms. The molecule has 0 saturated heterocycles. The van der Waals surface area contributed by atoms with Crippen LogP contribution in [0.4, 0.5) is 23.4 Å². The van der Waals surface area contributed by atoms with Crippen LogP contribution >= 0.6 is 0 Å². The van der Waals surface area contributed by atoms with Crippen molar-refractivity contribution in [3.05, 3.63) is 40.7 Å². The molecule has 0 aliphatic carbocycles. The molecule has 12 heteroatoms. The Kier molecular flexibility index (Phi) is 8.88. The first-order valence-corrected chi connectivity index (χ1v) is 10.5. The third-order valence-electron chi connectivity index (χ3n) is 4.68. The van der Waals surface area contributed by atoms with Crippen LogP contribution in [0, 0.1) is 19.8 Å². The van der Waals surface area contributed by atoms with Crippen molar-refractivity contribution in [3.63, 3.8) is 0 Å². The molecule has 1 unspecified atom stereocenters. The molecular formula is C22H27F4N5O3. The van der Waals surface area contributed by atoms with Crippen LogP contribution in [0.3, 0.4) is 0 Å². The summed E-state index contributed by atoms with van der Waals surface area (Å²) in [5, 5.41) is 12.9. The Balaban J connectivity index is 2.01. The minimum absolute atomic E-state index is 0.160. The van der Waals surface area contributed by atoms with Gasteiger partial charge in [0.25, 0.3) is 0 Å². The Hall–Kier alpha value is -3.31. The summed E-state index contributed by atoms with van der Waals surface area (Å²) in [4.78, 5) is 28.7. The van der Waals surface area contributed by atoms with E-state index in [1.165, 1.54) is 13.0 Å². The number of aryl methyl sites for hydroxylation is 2. The third kappa shape index (κ3) is 7.63. The fourth-order valence-electron chi connectivity index (χ4n) is 2.81. The first-order valence-electron chi connectivity index (χ1n) is 10.5. The van der Waals surface area contributed by atoms with Gasteiger partial charge in [-0.3, -0.25) is 9.59 Å². The number of halogens is 4. The van der Waals surface area contributed by atoms with Crippen molar-refractivity contribution in [3.8, 4) is 5.88 Å². The number of rotatable bonds is 10. The number of anilines is 1. The SMILES string of the molecule is Cc1cc(C(C)NC(=O)Cc2cc(C)c(OCC(F)(F)C(F)F)nn2)cc(NC(=O)C(C)C)n1. The van der Waals surface area contributed by atoms with E-state index in [9.17, 15) is 27.2 Å². The molecule has 2 aromatic rings. The zero-order valence-corrected chi connectivity index (χ0v) is 19.5. The van der Waals surface area contributed by atoms with Crippen molar-refractivity contribution < 1.29 is 31.9 Å². The average Bonchev–Trinajstić information content (AvgIpc) is 2.72. The Morgan fingerprint density at radius 3 is 2.35 bits per heavy atom. The Morgan fingerprint density at radius 1 is 1.09 bits per heavy atom. The van der Waals surface area contributed by atoms with Gasteiger partial charge in [-0.05, 0) is 44.5 Å². The van der Waals surface area contributed by atoms with Gasteiger partial charge in [0.05, 0.1) is 18.2 Å². The number of carbonyl (C=O) groups excluding carboxylic acids is 2. The number of amides is 2. The van der Waals surface area contributed by atoms with Crippen LogP contribution in [-0.2, 0) is 16.0 Å². The molecule has 8 nitrogen and oxygen atoms in total. The topological polar surface area (TPSA) is 106 Å². The zero-order valence-electron chi connectivity index (χ0n) is 19.5. The molecule has 0 aromatic carbocycles.